The molecule has 1 N–H and O–H groups in total. The summed E-state index contributed by atoms with van der Waals surface area (Å²) in [6.45, 7) is 0. The summed E-state index contributed by atoms with van der Waals surface area (Å²) in [5.74, 6) is -1.39. The van der Waals surface area contributed by atoms with Crippen molar-refractivity contribution in [2.45, 2.75) is 0 Å². The van der Waals surface area contributed by atoms with E-state index in [4.69, 9.17) is 16.7 Å². The number of hydrogen-bond acceptors (Lipinski definition) is 5. The number of halogens is 1. The van der Waals surface area contributed by atoms with Crippen molar-refractivity contribution in [2.24, 2.45) is 0 Å². The van der Waals surface area contributed by atoms with Gasteiger partial charge in [-0.2, -0.15) is 0 Å². The van der Waals surface area contributed by atoms with Crippen LogP contribution in [0, 0.1) is 10.1 Å². The van der Waals surface area contributed by atoms with Gasteiger partial charge in [-0.15, -0.1) is 0 Å². The molecular weight excluding hydrogens is 264 g/mol. The maximum atomic E-state index is 10.9. The van der Waals surface area contributed by atoms with Crippen LogP contribution in [0.15, 0.2) is 24.8 Å². The van der Waals surface area contributed by atoms with E-state index in [1.165, 1.54) is 17.0 Å². The predicted molar refractivity (Wildman–Crippen MR) is 60.0 cm³/mol. The second kappa shape index (κ2) is 4.41. The number of rotatable bonds is 3. The lowest BCUT2D eigenvalue weighted by Gasteiger charge is -2.02. The highest BCUT2D eigenvalue weighted by atomic mass is 35.5. The second-order valence-electron chi connectivity index (χ2n) is 3.22. The number of hydrogen-bond donors (Lipinski definition) is 1. The lowest BCUT2D eigenvalue weighted by molar-refractivity contribution is -0.389. The van der Waals surface area contributed by atoms with Gasteiger partial charge in [-0.3, -0.25) is 4.57 Å². The Labute approximate surface area is 105 Å². The monoisotopic (exact) mass is 268 g/mol. The van der Waals surface area contributed by atoms with Gasteiger partial charge < -0.3 is 15.2 Å². The number of imidazole rings is 1. The van der Waals surface area contributed by atoms with Crippen LogP contribution in [0.4, 0.5) is 5.82 Å². The Morgan fingerprint density at radius 3 is 2.78 bits per heavy atom. The Bertz CT molecular complexity index is 639. The van der Waals surface area contributed by atoms with Crippen molar-refractivity contribution < 1.29 is 14.8 Å². The van der Waals surface area contributed by atoms with E-state index in [1.54, 1.807) is 0 Å². The van der Waals surface area contributed by atoms with E-state index in [0.29, 0.717) is 0 Å². The third-order valence-electron chi connectivity index (χ3n) is 2.09. The second-order valence-corrected chi connectivity index (χ2v) is 3.63. The summed E-state index contributed by atoms with van der Waals surface area (Å²) in [6.07, 6.45) is 3.45. The van der Waals surface area contributed by atoms with E-state index in [9.17, 15) is 14.9 Å². The third kappa shape index (κ3) is 2.13. The van der Waals surface area contributed by atoms with Crippen LogP contribution in [0.2, 0.25) is 5.02 Å². The van der Waals surface area contributed by atoms with Crippen LogP contribution in [0.5, 0.6) is 0 Å². The summed E-state index contributed by atoms with van der Waals surface area (Å²) in [5.41, 5.74) is -0.141. The Balaban J connectivity index is 2.47. The van der Waals surface area contributed by atoms with E-state index in [0.717, 1.165) is 12.4 Å². The van der Waals surface area contributed by atoms with Crippen LogP contribution >= 0.6 is 11.6 Å². The molecule has 8 nitrogen and oxygen atoms in total. The van der Waals surface area contributed by atoms with Crippen molar-refractivity contribution in [3.63, 3.8) is 0 Å². The zero-order chi connectivity index (χ0) is 13.3. The molecule has 0 spiro atoms. The van der Waals surface area contributed by atoms with Gasteiger partial charge in [0.05, 0.1) is 10.6 Å². The molecule has 2 aromatic rings. The number of pyridine rings is 1. The highest BCUT2D eigenvalue weighted by Crippen LogP contribution is 2.18. The molecule has 9 heteroatoms. The quantitative estimate of drug-likeness (QED) is 0.667. The van der Waals surface area contributed by atoms with E-state index < -0.39 is 10.9 Å². The van der Waals surface area contributed by atoms with Crippen molar-refractivity contribution >= 4 is 23.4 Å². The molecule has 2 heterocycles. The first kappa shape index (κ1) is 12.0. The fourth-order valence-electron chi connectivity index (χ4n) is 1.26. The number of aromatic carboxylic acids is 1. The molecule has 0 radical (unpaired) electrons. The SMILES string of the molecule is O=C(O)c1cc(-n2cnc([N+](=O)[O-])c2)ncc1Cl. The van der Waals surface area contributed by atoms with Crippen molar-refractivity contribution in [1.29, 1.82) is 0 Å². The van der Waals surface area contributed by atoms with E-state index in [-0.39, 0.29) is 22.2 Å². The van der Waals surface area contributed by atoms with Gasteiger partial charge in [0.2, 0.25) is 6.33 Å². The number of nitro groups is 1. The molecule has 2 rings (SSSR count). The zero-order valence-corrected chi connectivity index (χ0v) is 9.40. The molecule has 92 valence electrons. The number of carboxylic acids is 1. The first-order valence-electron chi connectivity index (χ1n) is 4.56. The molecule has 0 amide bonds. The van der Waals surface area contributed by atoms with Gasteiger partial charge in [0, 0.05) is 6.20 Å². The topological polar surface area (TPSA) is 111 Å². The highest BCUT2D eigenvalue weighted by molar-refractivity contribution is 6.33. The minimum absolute atomic E-state index is 0.0131. The van der Waals surface area contributed by atoms with Gasteiger partial charge in [-0.05, 0) is 16.0 Å². The molecule has 18 heavy (non-hydrogen) atoms. The third-order valence-corrected chi connectivity index (χ3v) is 2.39. The van der Waals surface area contributed by atoms with Gasteiger partial charge >= 0.3 is 11.8 Å². The first-order chi connectivity index (χ1) is 8.49. The standard InChI is InChI=1S/C9H5ClN4O4/c10-6-2-11-7(1-5(6)9(15)16)13-3-8(12-4-13)14(17)18/h1-4H,(H,15,16). The van der Waals surface area contributed by atoms with Crippen LogP contribution in [0.1, 0.15) is 10.4 Å². The van der Waals surface area contributed by atoms with Crippen LogP contribution in [0.25, 0.3) is 5.82 Å². The molecule has 0 bridgehead atoms. The number of aromatic nitrogens is 3. The normalized spacial score (nSPS) is 10.3. The van der Waals surface area contributed by atoms with Gasteiger partial charge in [0.25, 0.3) is 0 Å². The van der Waals surface area contributed by atoms with Crippen LogP contribution in [-0.4, -0.2) is 30.5 Å². The summed E-state index contributed by atoms with van der Waals surface area (Å²) in [6, 6.07) is 1.20. The molecule has 0 atom stereocenters. The van der Waals surface area contributed by atoms with Crippen LogP contribution in [0.3, 0.4) is 0 Å². The maximum Gasteiger partial charge on any atom is 0.381 e. The molecular formula is C9H5ClN4O4. The number of carboxylic acid groups (broad SMARTS) is 1. The molecule has 2 aromatic heterocycles. The molecule has 0 saturated heterocycles. The Kier molecular flexibility index (Phi) is 2.94. The van der Waals surface area contributed by atoms with Gasteiger partial charge in [0.1, 0.15) is 12.0 Å². The van der Waals surface area contributed by atoms with E-state index in [2.05, 4.69) is 9.97 Å². The molecule has 0 aliphatic rings. The molecule has 0 aliphatic carbocycles. The van der Waals surface area contributed by atoms with Crippen molar-refractivity contribution in [3.05, 3.63) is 45.5 Å². The fourth-order valence-corrected chi connectivity index (χ4v) is 1.45. The first-order valence-corrected chi connectivity index (χ1v) is 4.94. The van der Waals surface area contributed by atoms with E-state index in [1.807, 2.05) is 0 Å². The Morgan fingerprint density at radius 1 is 1.50 bits per heavy atom. The Hall–Kier alpha value is -2.48. The largest absolute Gasteiger partial charge is 0.478 e. The van der Waals surface area contributed by atoms with Crippen molar-refractivity contribution in [3.8, 4) is 5.82 Å². The molecule has 0 fully saturated rings. The molecule has 0 unspecified atom stereocenters. The summed E-state index contributed by atoms with van der Waals surface area (Å²) in [7, 11) is 0. The van der Waals surface area contributed by atoms with Gasteiger partial charge in [0.15, 0.2) is 0 Å². The van der Waals surface area contributed by atoms with E-state index >= 15 is 0 Å². The smallest absolute Gasteiger partial charge is 0.381 e. The van der Waals surface area contributed by atoms with Gasteiger partial charge in [-0.25, -0.2) is 9.78 Å². The molecule has 0 aromatic carbocycles. The average Bonchev–Trinajstić information content (AvgIpc) is 2.78. The lowest BCUT2D eigenvalue weighted by atomic mass is 10.2. The summed E-state index contributed by atoms with van der Waals surface area (Å²) in [4.78, 5) is 28.1. The number of carbonyl (C=O) groups is 1. The summed E-state index contributed by atoms with van der Waals surface area (Å²) >= 11 is 5.66. The summed E-state index contributed by atoms with van der Waals surface area (Å²) < 4.78 is 1.24. The minimum atomic E-state index is -1.21. The van der Waals surface area contributed by atoms with Crippen LogP contribution < -0.4 is 0 Å². The highest BCUT2D eigenvalue weighted by Gasteiger charge is 2.15. The fraction of sp³-hybridized carbons (Fsp3) is 0. The van der Waals surface area contributed by atoms with Crippen molar-refractivity contribution in [2.75, 3.05) is 0 Å². The maximum absolute atomic E-state index is 10.9. The van der Waals surface area contributed by atoms with Crippen LogP contribution in [-0.2, 0) is 0 Å². The Morgan fingerprint density at radius 2 is 2.22 bits per heavy atom. The number of nitrogens with zero attached hydrogens (tertiary/aromatic N) is 4. The minimum Gasteiger partial charge on any atom is -0.478 e. The summed E-state index contributed by atoms with van der Waals surface area (Å²) in [5, 5.41) is 19.3. The lowest BCUT2D eigenvalue weighted by Crippen LogP contribution is -2.02. The zero-order valence-electron chi connectivity index (χ0n) is 8.65. The van der Waals surface area contributed by atoms with Crippen molar-refractivity contribution in [1.82, 2.24) is 14.5 Å². The van der Waals surface area contributed by atoms with Gasteiger partial charge in [-0.1, -0.05) is 11.6 Å². The average molecular weight is 269 g/mol. The predicted octanol–water partition coefficient (Wildman–Crippen LogP) is 1.53. The molecule has 0 aliphatic heterocycles. The molecule has 0 saturated carbocycles.